The van der Waals surface area contributed by atoms with Gasteiger partial charge in [0.2, 0.25) is 0 Å². The van der Waals surface area contributed by atoms with E-state index in [0.717, 1.165) is 31.2 Å². The van der Waals surface area contributed by atoms with Crippen LogP contribution in [0.15, 0.2) is 24.3 Å². The molecule has 1 aromatic rings. The highest BCUT2D eigenvalue weighted by Crippen LogP contribution is 2.15. The van der Waals surface area contributed by atoms with Crippen LogP contribution in [0.5, 0.6) is 0 Å². The van der Waals surface area contributed by atoms with Crippen LogP contribution in [0, 0.1) is 11.7 Å². The van der Waals surface area contributed by atoms with E-state index < -0.39 is 0 Å². The molecular formula is C13H19FO2. The topological polar surface area (TPSA) is 40.5 Å². The summed E-state index contributed by atoms with van der Waals surface area (Å²) in [6.45, 7) is 0.345. The average Bonchev–Trinajstić information content (AvgIpc) is 2.31. The van der Waals surface area contributed by atoms with Crippen molar-refractivity contribution in [3.05, 3.63) is 35.6 Å². The van der Waals surface area contributed by atoms with Crippen LogP contribution in [-0.4, -0.2) is 23.4 Å². The first-order chi connectivity index (χ1) is 7.76. The maximum atomic E-state index is 12.7. The summed E-state index contributed by atoms with van der Waals surface area (Å²) < 4.78 is 12.7. The van der Waals surface area contributed by atoms with Crippen LogP contribution in [0.3, 0.4) is 0 Å². The van der Waals surface area contributed by atoms with E-state index in [0.29, 0.717) is 0 Å². The van der Waals surface area contributed by atoms with Gasteiger partial charge in [0.1, 0.15) is 5.82 Å². The molecule has 90 valence electrons. The van der Waals surface area contributed by atoms with E-state index in [1.165, 1.54) is 12.1 Å². The third-order valence-electron chi connectivity index (χ3n) is 2.72. The Bertz CT molecular complexity index is 284. The molecule has 0 saturated carbocycles. The van der Waals surface area contributed by atoms with Gasteiger partial charge in [0.15, 0.2) is 0 Å². The summed E-state index contributed by atoms with van der Waals surface area (Å²) in [5, 5.41) is 17.9. The van der Waals surface area contributed by atoms with Crippen molar-refractivity contribution >= 4 is 0 Å². The van der Waals surface area contributed by atoms with Gasteiger partial charge >= 0.3 is 0 Å². The van der Waals surface area contributed by atoms with Gasteiger partial charge in [-0.15, -0.1) is 0 Å². The van der Waals surface area contributed by atoms with E-state index in [1.807, 2.05) is 0 Å². The zero-order valence-corrected chi connectivity index (χ0v) is 9.40. The van der Waals surface area contributed by atoms with Crippen LogP contribution in [0.25, 0.3) is 0 Å². The Morgan fingerprint density at radius 1 is 1.06 bits per heavy atom. The quantitative estimate of drug-likeness (QED) is 0.699. The smallest absolute Gasteiger partial charge is 0.123 e. The fourth-order valence-electron chi connectivity index (χ4n) is 1.76. The first kappa shape index (κ1) is 13.1. The highest BCUT2D eigenvalue weighted by Gasteiger charge is 2.08. The molecule has 0 fully saturated rings. The maximum absolute atomic E-state index is 12.7. The fraction of sp³-hybridized carbons (Fsp3) is 0.538. The van der Waals surface area contributed by atoms with Gasteiger partial charge in [0.25, 0.3) is 0 Å². The minimum absolute atomic E-state index is 0.142. The molecule has 1 aromatic carbocycles. The van der Waals surface area contributed by atoms with Gasteiger partial charge in [-0.1, -0.05) is 18.6 Å². The van der Waals surface area contributed by atoms with Crippen LogP contribution in [0.4, 0.5) is 4.39 Å². The van der Waals surface area contributed by atoms with Crippen molar-refractivity contribution in [3.8, 4) is 0 Å². The first-order valence-electron chi connectivity index (χ1n) is 5.72. The van der Waals surface area contributed by atoms with Crippen LogP contribution in [0.1, 0.15) is 24.8 Å². The Morgan fingerprint density at radius 2 is 1.75 bits per heavy atom. The minimum Gasteiger partial charge on any atom is -0.396 e. The van der Waals surface area contributed by atoms with E-state index >= 15 is 0 Å². The molecule has 3 heteroatoms. The molecule has 1 atom stereocenters. The van der Waals surface area contributed by atoms with E-state index in [9.17, 15) is 9.50 Å². The van der Waals surface area contributed by atoms with Gasteiger partial charge in [-0.3, -0.25) is 0 Å². The predicted octanol–water partition coefficient (Wildman–Crippen LogP) is 2.14. The standard InChI is InChI=1S/C13H19FO2/c14-13-6-4-11(5-7-13)9-12(10-16)3-1-2-8-15/h4-7,12,15-16H,1-3,8-10H2/t12-/m0/s1. The summed E-state index contributed by atoms with van der Waals surface area (Å²) in [6.07, 6.45) is 3.36. The van der Waals surface area contributed by atoms with Crippen molar-refractivity contribution in [1.29, 1.82) is 0 Å². The molecule has 0 bridgehead atoms. The van der Waals surface area contributed by atoms with Gasteiger partial charge in [0.05, 0.1) is 0 Å². The molecule has 0 unspecified atom stereocenters. The summed E-state index contributed by atoms with van der Waals surface area (Å²) in [4.78, 5) is 0. The largest absolute Gasteiger partial charge is 0.396 e. The Kier molecular flexibility index (Phi) is 6.04. The monoisotopic (exact) mass is 226 g/mol. The summed E-state index contributed by atoms with van der Waals surface area (Å²) >= 11 is 0. The first-order valence-corrected chi connectivity index (χ1v) is 5.72. The molecule has 2 nitrogen and oxygen atoms in total. The molecule has 0 aliphatic heterocycles. The van der Waals surface area contributed by atoms with Crippen LogP contribution < -0.4 is 0 Å². The summed E-state index contributed by atoms with van der Waals surface area (Å²) in [5.41, 5.74) is 1.05. The van der Waals surface area contributed by atoms with Crippen molar-refractivity contribution in [1.82, 2.24) is 0 Å². The molecule has 0 heterocycles. The van der Waals surface area contributed by atoms with Crippen molar-refractivity contribution in [2.75, 3.05) is 13.2 Å². The third kappa shape index (κ3) is 4.73. The number of rotatable bonds is 7. The van der Waals surface area contributed by atoms with Crippen LogP contribution in [0.2, 0.25) is 0 Å². The maximum Gasteiger partial charge on any atom is 0.123 e. The van der Waals surface area contributed by atoms with Gasteiger partial charge in [0, 0.05) is 13.2 Å². The molecule has 0 amide bonds. The predicted molar refractivity (Wildman–Crippen MR) is 61.6 cm³/mol. The molecule has 16 heavy (non-hydrogen) atoms. The lowest BCUT2D eigenvalue weighted by Gasteiger charge is -2.13. The number of unbranched alkanes of at least 4 members (excludes halogenated alkanes) is 1. The number of benzene rings is 1. The second-order valence-electron chi connectivity index (χ2n) is 4.10. The number of aliphatic hydroxyl groups excluding tert-OH is 2. The van der Waals surface area contributed by atoms with Gasteiger partial charge in [-0.05, 0) is 42.9 Å². The molecule has 1 rings (SSSR count). The second kappa shape index (κ2) is 7.36. The van der Waals surface area contributed by atoms with E-state index in [4.69, 9.17) is 5.11 Å². The molecule has 0 aliphatic carbocycles. The molecule has 0 radical (unpaired) electrons. The number of hydrogen-bond donors (Lipinski definition) is 2. The molecule has 0 spiro atoms. The SMILES string of the molecule is OCCCC[C@H](CO)Cc1ccc(F)cc1. The van der Waals surface area contributed by atoms with Gasteiger partial charge < -0.3 is 10.2 Å². The zero-order chi connectivity index (χ0) is 11.8. The Balaban J connectivity index is 2.40. The minimum atomic E-state index is -0.232. The lowest BCUT2D eigenvalue weighted by atomic mass is 9.95. The van der Waals surface area contributed by atoms with E-state index in [2.05, 4.69) is 0 Å². The van der Waals surface area contributed by atoms with Crippen LogP contribution >= 0.6 is 0 Å². The van der Waals surface area contributed by atoms with Crippen molar-refractivity contribution in [2.24, 2.45) is 5.92 Å². The Hall–Kier alpha value is -0.930. The second-order valence-corrected chi connectivity index (χ2v) is 4.10. The van der Waals surface area contributed by atoms with E-state index in [-0.39, 0.29) is 24.9 Å². The fourth-order valence-corrected chi connectivity index (χ4v) is 1.76. The lowest BCUT2D eigenvalue weighted by Crippen LogP contribution is -2.10. The van der Waals surface area contributed by atoms with Crippen molar-refractivity contribution < 1.29 is 14.6 Å². The molecule has 0 aromatic heterocycles. The highest BCUT2D eigenvalue weighted by atomic mass is 19.1. The number of halogens is 1. The molecule has 0 aliphatic rings. The summed E-state index contributed by atoms with van der Waals surface area (Å²) in [7, 11) is 0. The van der Waals surface area contributed by atoms with Crippen molar-refractivity contribution in [3.63, 3.8) is 0 Å². The van der Waals surface area contributed by atoms with Crippen LogP contribution in [-0.2, 0) is 6.42 Å². The normalized spacial score (nSPS) is 12.7. The molecule has 2 N–H and O–H groups in total. The number of aliphatic hydroxyl groups is 2. The lowest BCUT2D eigenvalue weighted by molar-refractivity contribution is 0.209. The van der Waals surface area contributed by atoms with E-state index in [1.54, 1.807) is 12.1 Å². The number of hydrogen-bond acceptors (Lipinski definition) is 2. The average molecular weight is 226 g/mol. The zero-order valence-electron chi connectivity index (χ0n) is 9.40. The molecular weight excluding hydrogens is 207 g/mol. The summed E-state index contributed by atoms with van der Waals surface area (Å²) in [6, 6.07) is 6.39. The highest BCUT2D eigenvalue weighted by molar-refractivity contribution is 5.16. The Labute approximate surface area is 95.7 Å². The van der Waals surface area contributed by atoms with Gasteiger partial charge in [-0.2, -0.15) is 0 Å². The van der Waals surface area contributed by atoms with Gasteiger partial charge in [-0.25, -0.2) is 4.39 Å². The summed E-state index contributed by atoms with van der Waals surface area (Å²) in [5.74, 6) is -0.0263. The Morgan fingerprint density at radius 3 is 2.31 bits per heavy atom. The molecule has 0 saturated heterocycles. The third-order valence-corrected chi connectivity index (χ3v) is 2.72. The van der Waals surface area contributed by atoms with Crippen molar-refractivity contribution in [2.45, 2.75) is 25.7 Å².